The summed E-state index contributed by atoms with van der Waals surface area (Å²) >= 11 is 0. The molecular weight excluding hydrogens is 224 g/mol. The first-order chi connectivity index (χ1) is 8.17. The topological polar surface area (TPSA) is 91.5 Å². The normalized spacial score (nSPS) is 14.2. The maximum absolute atomic E-state index is 5.49. The molecule has 7 nitrogen and oxygen atoms in total. The summed E-state index contributed by atoms with van der Waals surface area (Å²) in [6.07, 6.45) is 1.33. The van der Waals surface area contributed by atoms with Gasteiger partial charge in [-0.2, -0.15) is 4.98 Å². The average Bonchev–Trinajstić information content (AvgIpc) is 2.39. The number of hydrogen-bond donors (Lipinski definition) is 2. The molecule has 0 aliphatic rings. The Labute approximate surface area is 100 Å². The van der Waals surface area contributed by atoms with Crippen molar-refractivity contribution in [1.82, 2.24) is 15.4 Å². The molecule has 7 heteroatoms. The zero-order valence-corrected chi connectivity index (χ0v) is 10.4. The van der Waals surface area contributed by atoms with Crippen LogP contribution in [0.1, 0.15) is 18.7 Å². The molecule has 0 spiro atoms. The van der Waals surface area contributed by atoms with Crippen LogP contribution in [0.2, 0.25) is 0 Å². The van der Waals surface area contributed by atoms with Gasteiger partial charge in [-0.05, 0) is 6.92 Å². The van der Waals surface area contributed by atoms with E-state index in [4.69, 9.17) is 20.1 Å². The zero-order valence-electron chi connectivity index (χ0n) is 10.4. The molecule has 0 bridgehead atoms. The van der Waals surface area contributed by atoms with Crippen LogP contribution in [0.15, 0.2) is 6.20 Å². The highest BCUT2D eigenvalue weighted by Gasteiger charge is 2.24. The minimum Gasteiger partial charge on any atom is -0.480 e. The van der Waals surface area contributed by atoms with E-state index in [2.05, 4.69) is 15.4 Å². The van der Waals surface area contributed by atoms with E-state index < -0.39 is 0 Å². The standard InChI is InChI=1S/C10H18N4O3/c1-6(15-2)8(14-11)9-10(17-4)13-7(16-3)5-12-9/h5-6,8,14H,11H2,1-4H3. The first kappa shape index (κ1) is 13.6. The second kappa shape index (κ2) is 6.33. The van der Waals surface area contributed by atoms with Gasteiger partial charge in [0.1, 0.15) is 5.69 Å². The van der Waals surface area contributed by atoms with Crippen molar-refractivity contribution in [2.45, 2.75) is 19.1 Å². The Hall–Kier alpha value is -1.44. The van der Waals surface area contributed by atoms with Crippen LogP contribution >= 0.6 is 0 Å². The molecule has 1 rings (SSSR count). The van der Waals surface area contributed by atoms with Crippen molar-refractivity contribution in [3.63, 3.8) is 0 Å². The number of aromatic nitrogens is 2. The van der Waals surface area contributed by atoms with Gasteiger partial charge in [-0.3, -0.25) is 5.84 Å². The highest BCUT2D eigenvalue weighted by Crippen LogP contribution is 2.25. The summed E-state index contributed by atoms with van der Waals surface area (Å²) in [5, 5.41) is 0. The van der Waals surface area contributed by atoms with Gasteiger partial charge in [0, 0.05) is 7.11 Å². The molecule has 1 aromatic rings. The molecule has 0 radical (unpaired) electrons. The second-order valence-corrected chi connectivity index (χ2v) is 3.39. The number of methoxy groups -OCH3 is 3. The predicted octanol–water partition coefficient (Wildman–Crippen LogP) is 0.0331. The molecule has 0 fully saturated rings. The molecule has 0 amide bonds. The van der Waals surface area contributed by atoms with E-state index in [-0.39, 0.29) is 12.1 Å². The molecule has 3 N–H and O–H groups in total. The molecule has 2 unspecified atom stereocenters. The lowest BCUT2D eigenvalue weighted by atomic mass is 10.1. The van der Waals surface area contributed by atoms with Crippen molar-refractivity contribution in [3.8, 4) is 11.8 Å². The first-order valence-corrected chi connectivity index (χ1v) is 5.11. The maximum atomic E-state index is 5.49. The third-order valence-electron chi connectivity index (χ3n) is 2.46. The monoisotopic (exact) mass is 242 g/mol. The molecule has 0 saturated carbocycles. The number of nitrogens with two attached hydrogens (primary N) is 1. The van der Waals surface area contributed by atoms with Crippen molar-refractivity contribution >= 4 is 0 Å². The number of nitrogens with zero attached hydrogens (tertiary/aromatic N) is 2. The van der Waals surface area contributed by atoms with Gasteiger partial charge in [-0.1, -0.05) is 0 Å². The average molecular weight is 242 g/mol. The van der Waals surface area contributed by atoms with Gasteiger partial charge in [-0.15, -0.1) is 0 Å². The number of hydrazine groups is 1. The summed E-state index contributed by atoms with van der Waals surface area (Å²) in [6.45, 7) is 1.87. The Balaban J connectivity index is 3.10. The van der Waals surface area contributed by atoms with Crippen molar-refractivity contribution in [2.75, 3.05) is 21.3 Å². The molecule has 1 heterocycles. The van der Waals surface area contributed by atoms with E-state index in [9.17, 15) is 0 Å². The predicted molar refractivity (Wildman–Crippen MR) is 61.7 cm³/mol. The van der Waals surface area contributed by atoms with E-state index in [1.807, 2.05) is 6.92 Å². The fraction of sp³-hybridized carbons (Fsp3) is 0.600. The van der Waals surface area contributed by atoms with Gasteiger partial charge in [0.15, 0.2) is 0 Å². The lowest BCUT2D eigenvalue weighted by Crippen LogP contribution is -2.37. The molecule has 0 aliphatic heterocycles. The molecule has 0 aromatic carbocycles. The minimum absolute atomic E-state index is 0.170. The van der Waals surface area contributed by atoms with E-state index in [0.717, 1.165) is 0 Å². The van der Waals surface area contributed by atoms with Crippen LogP contribution in [0.5, 0.6) is 11.8 Å². The number of rotatable bonds is 6. The van der Waals surface area contributed by atoms with Gasteiger partial charge < -0.3 is 14.2 Å². The highest BCUT2D eigenvalue weighted by molar-refractivity contribution is 5.26. The molecule has 2 atom stereocenters. The van der Waals surface area contributed by atoms with Crippen molar-refractivity contribution in [3.05, 3.63) is 11.9 Å². The van der Waals surface area contributed by atoms with Crippen LogP contribution < -0.4 is 20.7 Å². The van der Waals surface area contributed by atoms with Gasteiger partial charge in [-0.25, -0.2) is 10.4 Å². The Bertz CT molecular complexity index is 361. The number of nitrogens with one attached hydrogen (secondary N) is 1. The fourth-order valence-corrected chi connectivity index (χ4v) is 1.40. The largest absolute Gasteiger partial charge is 0.480 e. The lowest BCUT2D eigenvalue weighted by molar-refractivity contribution is 0.0803. The Kier molecular flexibility index (Phi) is 5.08. The third kappa shape index (κ3) is 3.02. The Morgan fingerprint density at radius 2 is 2.00 bits per heavy atom. The SMILES string of the molecule is COc1cnc(C(NN)C(C)OC)c(OC)n1. The Morgan fingerprint density at radius 3 is 2.47 bits per heavy atom. The molecule has 0 saturated heterocycles. The second-order valence-electron chi connectivity index (χ2n) is 3.39. The van der Waals surface area contributed by atoms with Crippen LogP contribution in [-0.2, 0) is 4.74 Å². The van der Waals surface area contributed by atoms with Gasteiger partial charge >= 0.3 is 0 Å². The van der Waals surface area contributed by atoms with Crippen molar-refractivity contribution in [1.29, 1.82) is 0 Å². The molecule has 17 heavy (non-hydrogen) atoms. The van der Waals surface area contributed by atoms with E-state index in [1.54, 1.807) is 7.11 Å². The van der Waals surface area contributed by atoms with E-state index in [0.29, 0.717) is 17.5 Å². The highest BCUT2D eigenvalue weighted by atomic mass is 16.5. The van der Waals surface area contributed by atoms with Crippen LogP contribution in [0.3, 0.4) is 0 Å². The molecule has 0 aliphatic carbocycles. The fourth-order valence-electron chi connectivity index (χ4n) is 1.40. The molecular formula is C10H18N4O3. The summed E-state index contributed by atoms with van der Waals surface area (Å²) in [7, 11) is 4.62. The van der Waals surface area contributed by atoms with Gasteiger partial charge in [0.2, 0.25) is 11.8 Å². The van der Waals surface area contributed by atoms with Gasteiger partial charge in [0.05, 0.1) is 32.6 Å². The quantitative estimate of drug-likeness (QED) is 0.537. The summed E-state index contributed by atoms with van der Waals surface area (Å²) in [5.74, 6) is 6.23. The van der Waals surface area contributed by atoms with Crippen molar-refractivity contribution in [2.24, 2.45) is 5.84 Å². The summed E-state index contributed by atoms with van der Waals surface area (Å²) in [4.78, 5) is 8.36. The third-order valence-corrected chi connectivity index (χ3v) is 2.46. The molecule has 96 valence electrons. The van der Waals surface area contributed by atoms with Gasteiger partial charge in [0.25, 0.3) is 0 Å². The zero-order chi connectivity index (χ0) is 12.8. The van der Waals surface area contributed by atoms with Crippen LogP contribution in [0.25, 0.3) is 0 Å². The Morgan fingerprint density at radius 1 is 1.29 bits per heavy atom. The smallest absolute Gasteiger partial charge is 0.240 e. The first-order valence-electron chi connectivity index (χ1n) is 5.11. The van der Waals surface area contributed by atoms with Crippen LogP contribution in [0, 0.1) is 0 Å². The van der Waals surface area contributed by atoms with Crippen LogP contribution in [0.4, 0.5) is 0 Å². The summed E-state index contributed by atoms with van der Waals surface area (Å²) in [6, 6.07) is -0.312. The van der Waals surface area contributed by atoms with E-state index >= 15 is 0 Å². The summed E-state index contributed by atoms with van der Waals surface area (Å²) < 4.78 is 15.4. The number of ether oxygens (including phenoxy) is 3. The van der Waals surface area contributed by atoms with Crippen LogP contribution in [-0.4, -0.2) is 37.4 Å². The van der Waals surface area contributed by atoms with E-state index in [1.165, 1.54) is 20.4 Å². The molecule has 1 aromatic heterocycles. The number of hydrogen-bond acceptors (Lipinski definition) is 7. The lowest BCUT2D eigenvalue weighted by Gasteiger charge is -2.22. The minimum atomic E-state index is -0.312. The van der Waals surface area contributed by atoms with Crippen molar-refractivity contribution < 1.29 is 14.2 Å². The summed E-state index contributed by atoms with van der Waals surface area (Å²) in [5.41, 5.74) is 3.21. The maximum Gasteiger partial charge on any atom is 0.240 e.